The molecule has 2 rings (SSSR count). The fourth-order valence-electron chi connectivity index (χ4n) is 3.38. The molecule has 0 atom stereocenters. The number of carbonyl (C=O) groups excluding carboxylic acids is 2. The molecule has 0 radical (unpaired) electrons. The van der Waals surface area contributed by atoms with Gasteiger partial charge in [-0.2, -0.15) is 0 Å². The molecule has 5 nitrogen and oxygen atoms in total. The maximum atomic E-state index is 12.3. The first-order chi connectivity index (χ1) is 9.58. The second-order valence-electron chi connectivity index (χ2n) is 6.26. The summed E-state index contributed by atoms with van der Waals surface area (Å²) in [6.07, 6.45) is 7.77. The van der Waals surface area contributed by atoms with Crippen molar-refractivity contribution in [2.75, 3.05) is 26.7 Å². The number of nitrogens with two attached hydrogens (primary N) is 1. The Balaban J connectivity index is 1.76. The van der Waals surface area contributed by atoms with E-state index in [9.17, 15) is 9.59 Å². The molecular weight excluding hydrogens is 254 g/mol. The Kier molecular flexibility index (Phi) is 5.40. The van der Waals surface area contributed by atoms with E-state index in [1.807, 2.05) is 4.90 Å². The normalized spacial score (nSPS) is 22.2. The number of piperidine rings is 1. The van der Waals surface area contributed by atoms with Gasteiger partial charge in [-0.05, 0) is 32.7 Å². The largest absolute Gasteiger partial charge is 0.369 e. The molecule has 1 aliphatic carbocycles. The quantitative estimate of drug-likeness (QED) is 0.835. The van der Waals surface area contributed by atoms with Crippen LogP contribution in [0.1, 0.15) is 44.9 Å². The van der Waals surface area contributed by atoms with Crippen molar-refractivity contribution >= 4 is 11.8 Å². The number of hydrogen-bond donors (Lipinski definition) is 1. The van der Waals surface area contributed by atoms with E-state index >= 15 is 0 Å². The van der Waals surface area contributed by atoms with Gasteiger partial charge in [-0.3, -0.25) is 14.5 Å². The van der Waals surface area contributed by atoms with Gasteiger partial charge in [0.1, 0.15) is 0 Å². The highest BCUT2D eigenvalue weighted by Gasteiger charge is 2.27. The Morgan fingerprint density at radius 1 is 1.10 bits per heavy atom. The minimum absolute atomic E-state index is 0.0462. The Morgan fingerprint density at radius 3 is 2.25 bits per heavy atom. The van der Waals surface area contributed by atoms with E-state index < -0.39 is 0 Å². The van der Waals surface area contributed by atoms with Gasteiger partial charge in [0.05, 0.1) is 6.54 Å². The minimum Gasteiger partial charge on any atom is -0.369 e. The summed E-state index contributed by atoms with van der Waals surface area (Å²) in [5.41, 5.74) is 5.32. The van der Waals surface area contributed by atoms with E-state index in [0.717, 1.165) is 0 Å². The van der Waals surface area contributed by atoms with E-state index in [2.05, 4.69) is 11.9 Å². The molecule has 2 amide bonds. The topological polar surface area (TPSA) is 66.6 Å². The van der Waals surface area contributed by atoms with Crippen LogP contribution in [0.25, 0.3) is 0 Å². The van der Waals surface area contributed by atoms with E-state index in [-0.39, 0.29) is 17.7 Å². The fourth-order valence-corrected chi connectivity index (χ4v) is 3.38. The molecule has 2 aliphatic rings. The number of primary amides is 1. The fraction of sp³-hybridized carbons (Fsp3) is 0.867. The molecule has 1 aliphatic heterocycles. The first kappa shape index (κ1) is 15.3. The number of likely N-dealkylation sites (N-methyl/N-ethyl adjacent to an activating group) is 1. The van der Waals surface area contributed by atoms with Gasteiger partial charge in [-0.15, -0.1) is 0 Å². The van der Waals surface area contributed by atoms with Gasteiger partial charge in [0.2, 0.25) is 11.8 Å². The highest BCUT2D eigenvalue weighted by Crippen LogP contribution is 2.22. The van der Waals surface area contributed by atoms with Crippen LogP contribution in [0.2, 0.25) is 0 Å². The van der Waals surface area contributed by atoms with Gasteiger partial charge in [0, 0.05) is 25.0 Å². The molecule has 5 heteroatoms. The van der Waals surface area contributed by atoms with Crippen LogP contribution in [0.4, 0.5) is 0 Å². The van der Waals surface area contributed by atoms with Crippen LogP contribution in [0.15, 0.2) is 0 Å². The summed E-state index contributed by atoms with van der Waals surface area (Å²) in [5, 5.41) is 0. The molecule has 2 fully saturated rings. The van der Waals surface area contributed by atoms with Crippen molar-refractivity contribution in [2.24, 2.45) is 11.7 Å². The number of rotatable bonds is 4. The molecular formula is C15H27N3O2. The molecule has 2 N–H and O–H groups in total. The van der Waals surface area contributed by atoms with Crippen molar-refractivity contribution in [1.82, 2.24) is 9.80 Å². The lowest BCUT2D eigenvalue weighted by Crippen LogP contribution is -2.47. The molecule has 0 aromatic heterocycles. The Labute approximate surface area is 121 Å². The highest BCUT2D eigenvalue weighted by molar-refractivity contribution is 5.80. The van der Waals surface area contributed by atoms with Crippen molar-refractivity contribution in [3.05, 3.63) is 0 Å². The third kappa shape index (κ3) is 3.95. The zero-order chi connectivity index (χ0) is 14.5. The van der Waals surface area contributed by atoms with E-state index in [0.29, 0.717) is 38.5 Å². The third-order valence-corrected chi connectivity index (χ3v) is 4.83. The Bertz CT molecular complexity index is 345. The summed E-state index contributed by atoms with van der Waals surface area (Å²) in [4.78, 5) is 27.5. The molecule has 0 spiro atoms. The van der Waals surface area contributed by atoms with Crippen molar-refractivity contribution in [1.29, 1.82) is 0 Å². The highest BCUT2D eigenvalue weighted by atomic mass is 16.2. The lowest BCUT2D eigenvalue weighted by Gasteiger charge is -2.35. The minimum atomic E-state index is -0.226. The van der Waals surface area contributed by atoms with E-state index in [1.54, 1.807) is 0 Å². The molecule has 114 valence electrons. The van der Waals surface area contributed by atoms with Gasteiger partial charge < -0.3 is 10.6 Å². The SMILES string of the molecule is CN(CC(=O)N1CCC(C(N)=O)CC1)C1CCCCC1. The summed E-state index contributed by atoms with van der Waals surface area (Å²) in [7, 11) is 2.06. The molecule has 0 bridgehead atoms. The Hall–Kier alpha value is -1.10. The zero-order valence-corrected chi connectivity index (χ0v) is 12.5. The predicted octanol–water partition coefficient (Wildman–Crippen LogP) is 0.975. The van der Waals surface area contributed by atoms with Crippen LogP contribution in [0.3, 0.4) is 0 Å². The van der Waals surface area contributed by atoms with Crippen molar-refractivity contribution in [3.8, 4) is 0 Å². The molecule has 0 unspecified atom stereocenters. The maximum absolute atomic E-state index is 12.3. The summed E-state index contributed by atoms with van der Waals surface area (Å²) < 4.78 is 0. The van der Waals surface area contributed by atoms with Gasteiger partial charge in [-0.1, -0.05) is 19.3 Å². The van der Waals surface area contributed by atoms with Crippen LogP contribution in [-0.2, 0) is 9.59 Å². The van der Waals surface area contributed by atoms with Gasteiger partial charge in [-0.25, -0.2) is 0 Å². The molecule has 1 saturated carbocycles. The molecule has 0 aromatic rings. The van der Waals surface area contributed by atoms with Gasteiger partial charge >= 0.3 is 0 Å². The van der Waals surface area contributed by atoms with Gasteiger partial charge in [0.25, 0.3) is 0 Å². The predicted molar refractivity (Wildman–Crippen MR) is 78.0 cm³/mol. The number of likely N-dealkylation sites (tertiary alicyclic amines) is 1. The van der Waals surface area contributed by atoms with Crippen LogP contribution in [0.5, 0.6) is 0 Å². The summed E-state index contributed by atoms with van der Waals surface area (Å²) >= 11 is 0. The second-order valence-corrected chi connectivity index (χ2v) is 6.26. The van der Waals surface area contributed by atoms with Crippen LogP contribution < -0.4 is 5.73 Å². The smallest absolute Gasteiger partial charge is 0.236 e. The van der Waals surface area contributed by atoms with Crippen LogP contribution >= 0.6 is 0 Å². The first-order valence-electron chi connectivity index (χ1n) is 7.85. The standard InChI is InChI=1S/C15H27N3O2/c1-17(13-5-3-2-4-6-13)11-14(19)18-9-7-12(8-10-18)15(16)20/h12-13H,2-11H2,1H3,(H2,16,20). The molecule has 20 heavy (non-hydrogen) atoms. The first-order valence-corrected chi connectivity index (χ1v) is 7.85. The number of amides is 2. The maximum Gasteiger partial charge on any atom is 0.236 e. The zero-order valence-electron chi connectivity index (χ0n) is 12.5. The number of nitrogens with zero attached hydrogens (tertiary/aromatic N) is 2. The van der Waals surface area contributed by atoms with Crippen molar-refractivity contribution in [2.45, 2.75) is 51.0 Å². The lowest BCUT2D eigenvalue weighted by molar-refractivity contribution is -0.136. The molecule has 1 heterocycles. The number of hydrogen-bond acceptors (Lipinski definition) is 3. The van der Waals surface area contributed by atoms with Crippen molar-refractivity contribution < 1.29 is 9.59 Å². The summed E-state index contributed by atoms with van der Waals surface area (Å²) in [5.74, 6) is -0.0764. The van der Waals surface area contributed by atoms with Crippen molar-refractivity contribution in [3.63, 3.8) is 0 Å². The summed E-state index contributed by atoms with van der Waals surface area (Å²) in [6, 6.07) is 0.566. The third-order valence-electron chi connectivity index (χ3n) is 4.83. The van der Waals surface area contributed by atoms with Crippen LogP contribution in [0, 0.1) is 5.92 Å². The lowest BCUT2D eigenvalue weighted by atomic mass is 9.94. The second kappa shape index (κ2) is 7.07. The number of carbonyl (C=O) groups is 2. The average molecular weight is 281 g/mol. The Morgan fingerprint density at radius 2 is 1.70 bits per heavy atom. The van der Waals surface area contributed by atoms with Crippen LogP contribution in [-0.4, -0.2) is 54.3 Å². The van der Waals surface area contributed by atoms with Gasteiger partial charge in [0.15, 0.2) is 0 Å². The monoisotopic (exact) mass is 281 g/mol. The average Bonchev–Trinajstić information content (AvgIpc) is 2.48. The van der Waals surface area contributed by atoms with E-state index in [4.69, 9.17) is 5.73 Å². The molecule has 1 saturated heterocycles. The van der Waals surface area contributed by atoms with E-state index in [1.165, 1.54) is 32.1 Å². The summed E-state index contributed by atoms with van der Waals surface area (Å²) in [6.45, 7) is 1.85. The molecule has 0 aromatic carbocycles.